The summed E-state index contributed by atoms with van der Waals surface area (Å²) in [5.41, 5.74) is 0. The minimum absolute atomic E-state index is 0.0163. The summed E-state index contributed by atoms with van der Waals surface area (Å²) in [7, 11) is 1.61. The van der Waals surface area contributed by atoms with Gasteiger partial charge in [0.15, 0.2) is 0 Å². The average Bonchev–Trinajstić information content (AvgIpc) is 0.922. The number of carbonyl (C=O) groups is 10. The van der Waals surface area contributed by atoms with Gasteiger partial charge in [-0.2, -0.15) is 0 Å². The number of allylic oxidation sites excluding steroid dienone is 16. The van der Waals surface area contributed by atoms with Crippen LogP contribution in [0.25, 0.3) is 0 Å². The maximum Gasteiger partial charge on any atom is 0.305 e. The fraction of sp³-hybridized carbons (Fsp3) is 0.768. The van der Waals surface area contributed by atoms with Crippen LogP contribution in [0, 0.1) is 0 Å². The van der Waals surface area contributed by atoms with Gasteiger partial charge in [-0.15, -0.1) is 0 Å². The molecule has 0 spiro atoms. The van der Waals surface area contributed by atoms with E-state index in [4.69, 9.17) is 47.4 Å². The molecule has 0 radical (unpaired) electrons. The van der Waals surface area contributed by atoms with E-state index in [-0.39, 0.29) is 172 Å². The molecule has 26 heteroatoms. The topological polar surface area (TPSA) is 318 Å². The van der Waals surface area contributed by atoms with Gasteiger partial charge >= 0.3 is 23.9 Å². The van der Waals surface area contributed by atoms with E-state index in [1.165, 1.54) is 86.8 Å². The normalized spacial score (nSPS) is 12.0. The number of nitrogens with zero attached hydrogens (tertiary/aromatic N) is 2. The molecule has 26 nitrogen and oxygen atoms in total. The van der Waals surface area contributed by atoms with Crippen molar-refractivity contribution < 1.29 is 95.3 Å². The van der Waals surface area contributed by atoms with Crippen molar-refractivity contribution in [2.24, 2.45) is 0 Å². The lowest BCUT2D eigenvalue weighted by Gasteiger charge is -2.23. The van der Waals surface area contributed by atoms with E-state index in [1.807, 2.05) is 0 Å². The van der Waals surface area contributed by atoms with Gasteiger partial charge in [0.2, 0.25) is 35.4 Å². The Bertz CT molecular complexity index is 3030. The van der Waals surface area contributed by atoms with Gasteiger partial charge in [0.05, 0.1) is 85.6 Å². The third-order valence-corrected chi connectivity index (χ3v) is 23.1. The Kier molecular flexibility index (Phi) is 101. The number of amides is 6. The highest BCUT2D eigenvalue weighted by atomic mass is 16.6. The van der Waals surface area contributed by atoms with E-state index >= 15 is 0 Å². The first-order valence-electron chi connectivity index (χ1n) is 54.6. The van der Waals surface area contributed by atoms with Gasteiger partial charge in [-0.25, -0.2) is 0 Å². The second-order valence-electron chi connectivity index (χ2n) is 35.7. The van der Waals surface area contributed by atoms with Gasteiger partial charge in [0.25, 0.3) is 0 Å². The highest BCUT2D eigenvalue weighted by Crippen LogP contribution is 2.17. The molecule has 0 aliphatic carbocycles. The van der Waals surface area contributed by atoms with Gasteiger partial charge in [-0.05, 0) is 186 Å². The van der Waals surface area contributed by atoms with Crippen molar-refractivity contribution in [3.63, 3.8) is 0 Å². The number of hydrogen-bond donors (Lipinski definition) is 4. The van der Waals surface area contributed by atoms with Crippen LogP contribution >= 0.6 is 0 Å². The first-order valence-corrected chi connectivity index (χ1v) is 54.6. The van der Waals surface area contributed by atoms with Gasteiger partial charge < -0.3 is 78.4 Å². The van der Waals surface area contributed by atoms with E-state index in [9.17, 15) is 47.9 Å². The van der Waals surface area contributed by atoms with Crippen molar-refractivity contribution in [1.82, 2.24) is 31.1 Å². The van der Waals surface area contributed by atoms with Crippen molar-refractivity contribution in [3.8, 4) is 0 Å². The minimum Gasteiger partial charge on any atom is -0.464 e. The van der Waals surface area contributed by atoms with Gasteiger partial charge in [0, 0.05) is 97.7 Å². The summed E-state index contributed by atoms with van der Waals surface area (Å²) in [4.78, 5) is 136. The Morgan fingerprint density at radius 1 is 0.239 bits per heavy atom. The Morgan fingerprint density at radius 3 is 0.833 bits per heavy atom. The summed E-state index contributed by atoms with van der Waals surface area (Å²) in [6.07, 6.45) is 85.2. The largest absolute Gasteiger partial charge is 0.464 e. The molecule has 0 aromatic carbocycles. The van der Waals surface area contributed by atoms with Gasteiger partial charge in [-0.3, -0.25) is 47.9 Å². The molecule has 0 rings (SSSR count). The molecule has 6 amide bonds. The number of methoxy groups -OCH3 is 1. The van der Waals surface area contributed by atoms with E-state index < -0.39 is 23.8 Å². The van der Waals surface area contributed by atoms with E-state index in [0.29, 0.717) is 131 Å². The molecule has 0 aromatic heterocycles. The molecule has 0 aromatic rings. The van der Waals surface area contributed by atoms with Gasteiger partial charge in [0.1, 0.15) is 32.5 Å². The standard InChI is InChI=1S/C112H196N6O20/c1-6-10-14-18-22-26-30-34-38-42-46-50-54-58-62-71-108(124)135-90-83-117(84-91-136-109(125)72-63-59-55-51-47-43-39-35-31-27-23-19-15-11-7-2)106(122)77-75-103(119)113-80-67-66-70-102(112(128)115-82-69-88-131-97-100-134-99-96-130-87-68-81-114-104(120)79-89-132-98-101-133-95-94-129-5)116-105(121)76-78-107(123)118(85-92-137-110(126)73-64-60-56-52-48-44-40-36-32-28-24-20-16-12-8-3)86-93-138-111(127)74-65-61-57-53-49-45-41-37-33-29-25-21-17-13-9-4/h22-29,34-41,102H,6-21,30-33,42-101H2,1-5H3,(H,113,119)(H,114,120)(H,115,128)(H,116,121)/b26-22-,27-23-,28-24-,29-25-,38-34-,39-35-,40-36-,41-37-/t102-/m1/s1. The molecule has 138 heavy (non-hydrogen) atoms. The molecule has 0 fully saturated rings. The summed E-state index contributed by atoms with van der Waals surface area (Å²) in [5.74, 6) is -3.68. The first kappa shape index (κ1) is 130. The Labute approximate surface area is 836 Å². The summed E-state index contributed by atoms with van der Waals surface area (Å²) in [6.45, 7) is 14.0. The molecule has 0 bridgehead atoms. The lowest BCUT2D eigenvalue weighted by atomic mass is 10.1. The van der Waals surface area contributed by atoms with Crippen LogP contribution < -0.4 is 21.3 Å². The van der Waals surface area contributed by atoms with E-state index in [2.05, 4.69) is 146 Å². The molecule has 1 atom stereocenters. The maximum absolute atomic E-state index is 14.1. The van der Waals surface area contributed by atoms with Crippen LogP contribution in [0.4, 0.5) is 0 Å². The molecule has 0 saturated heterocycles. The molecule has 0 aliphatic rings. The maximum atomic E-state index is 14.1. The number of nitrogens with one attached hydrogen (secondary N) is 4. The van der Waals surface area contributed by atoms with Crippen LogP contribution in [0.1, 0.15) is 400 Å². The minimum atomic E-state index is -1.02. The highest BCUT2D eigenvalue weighted by Gasteiger charge is 2.24. The zero-order valence-electron chi connectivity index (χ0n) is 87.4. The molecule has 794 valence electrons. The van der Waals surface area contributed by atoms with Crippen LogP contribution in [0.3, 0.4) is 0 Å². The Hall–Kier alpha value is -7.62. The van der Waals surface area contributed by atoms with Crippen LogP contribution in [0.5, 0.6) is 0 Å². The smallest absolute Gasteiger partial charge is 0.305 e. The number of carbonyl (C=O) groups excluding carboxylic acids is 10. The third-order valence-electron chi connectivity index (χ3n) is 23.1. The number of rotatable bonds is 104. The lowest BCUT2D eigenvalue weighted by molar-refractivity contribution is -0.148. The molecule has 0 aliphatic heterocycles. The molecule has 4 N–H and O–H groups in total. The second kappa shape index (κ2) is 107. The van der Waals surface area contributed by atoms with Crippen molar-refractivity contribution in [2.75, 3.05) is 152 Å². The molecular weight excluding hydrogens is 1750 g/mol. The molecular formula is C112H196N6O20. The first-order chi connectivity index (χ1) is 67.7. The monoisotopic (exact) mass is 1950 g/mol. The van der Waals surface area contributed by atoms with Gasteiger partial charge in [-0.1, -0.05) is 253 Å². The summed E-state index contributed by atoms with van der Waals surface area (Å²) >= 11 is 0. The molecule has 0 saturated carbocycles. The van der Waals surface area contributed by atoms with Crippen molar-refractivity contribution in [2.45, 2.75) is 406 Å². The SMILES string of the molecule is CCCCC/C=C\C/C=C\CCCCCCCC(=O)OCCN(CCOC(=O)CCCCCCC/C=C\C/C=C\CCCCC)C(=O)CCC(=O)NCCCC[C@@H](NC(=O)CCC(=O)N(CCOC(=O)CCCCCCC/C=C\C/C=C\CCCCC)CCOC(=O)CCCCCCC/C=C\C/C=C\CCCCC)C(=O)NCCCOCCOCCOCCCNC(=O)CCOCCOCCOC. The predicted molar refractivity (Wildman–Crippen MR) is 558 cm³/mol. The Morgan fingerprint density at radius 2 is 0.507 bits per heavy atom. The Balaban J connectivity index is 6.04. The van der Waals surface area contributed by atoms with Crippen molar-refractivity contribution >= 4 is 59.3 Å². The molecule has 0 unspecified atom stereocenters. The zero-order chi connectivity index (χ0) is 100. The van der Waals surface area contributed by atoms with Crippen molar-refractivity contribution in [1.29, 1.82) is 0 Å². The van der Waals surface area contributed by atoms with Crippen LogP contribution in [0.2, 0.25) is 0 Å². The highest BCUT2D eigenvalue weighted by molar-refractivity contribution is 5.89. The summed E-state index contributed by atoms with van der Waals surface area (Å²) in [5, 5.41) is 11.5. The zero-order valence-corrected chi connectivity index (χ0v) is 87.4. The quantitative estimate of drug-likeness (QED) is 0.0190. The number of ether oxygens (including phenoxy) is 10. The second-order valence-corrected chi connectivity index (χ2v) is 35.7. The van der Waals surface area contributed by atoms with Crippen LogP contribution in [0.15, 0.2) is 97.2 Å². The summed E-state index contributed by atoms with van der Waals surface area (Å²) < 4.78 is 55.3. The number of hydrogen-bond acceptors (Lipinski definition) is 20. The van der Waals surface area contributed by atoms with Crippen LogP contribution in [-0.2, 0) is 95.3 Å². The van der Waals surface area contributed by atoms with Crippen molar-refractivity contribution in [3.05, 3.63) is 97.2 Å². The van der Waals surface area contributed by atoms with E-state index in [1.54, 1.807) is 7.11 Å². The van der Waals surface area contributed by atoms with Crippen LogP contribution in [-0.4, -0.2) is 227 Å². The fourth-order valence-corrected chi connectivity index (χ4v) is 14.7. The third kappa shape index (κ3) is 97.2. The predicted octanol–water partition coefficient (Wildman–Crippen LogP) is 22.5. The fourth-order valence-electron chi connectivity index (χ4n) is 14.7. The summed E-state index contributed by atoms with van der Waals surface area (Å²) in [6, 6.07) is -1.02. The average molecular weight is 1950 g/mol. The molecule has 0 heterocycles. The number of unbranched alkanes of at least 4 members (excludes halogenated alkanes) is 33. The lowest BCUT2D eigenvalue weighted by Crippen LogP contribution is -2.47. The number of esters is 4. The van der Waals surface area contributed by atoms with E-state index in [0.717, 1.165) is 180 Å².